The minimum atomic E-state index is -0.0617. The van der Waals surface area contributed by atoms with E-state index in [9.17, 15) is 4.79 Å². The number of aromatic nitrogens is 1. The first-order valence-electron chi connectivity index (χ1n) is 8.95. The zero-order valence-electron chi connectivity index (χ0n) is 14.6. The van der Waals surface area contributed by atoms with E-state index in [0.29, 0.717) is 12.1 Å². The number of nitrogens with zero attached hydrogens (tertiary/aromatic N) is 2. The van der Waals surface area contributed by atoms with Crippen molar-refractivity contribution in [3.05, 3.63) is 60.1 Å². The zero-order valence-corrected chi connectivity index (χ0v) is 14.6. The molecule has 1 aromatic carbocycles. The van der Waals surface area contributed by atoms with E-state index in [0.717, 1.165) is 54.8 Å². The number of furan rings is 1. The lowest BCUT2D eigenvalue weighted by Crippen LogP contribution is -2.43. The highest BCUT2D eigenvalue weighted by molar-refractivity contribution is 6.02. The molecule has 1 aliphatic heterocycles. The van der Waals surface area contributed by atoms with Crippen LogP contribution >= 0.6 is 0 Å². The first-order chi connectivity index (χ1) is 12.8. The highest BCUT2D eigenvalue weighted by atomic mass is 16.3. The Balaban J connectivity index is 1.51. The van der Waals surface area contributed by atoms with E-state index >= 15 is 0 Å². The summed E-state index contributed by atoms with van der Waals surface area (Å²) in [5, 5.41) is 7.31. The number of piperazine rings is 1. The van der Waals surface area contributed by atoms with Crippen molar-refractivity contribution in [2.24, 2.45) is 0 Å². The van der Waals surface area contributed by atoms with Crippen LogP contribution in [-0.2, 0) is 6.42 Å². The van der Waals surface area contributed by atoms with Crippen LogP contribution < -0.4 is 15.5 Å². The van der Waals surface area contributed by atoms with Gasteiger partial charge in [-0.1, -0.05) is 6.07 Å². The average molecular weight is 350 g/mol. The lowest BCUT2D eigenvalue weighted by Gasteiger charge is -2.29. The number of fused-ring (bicyclic) bond motifs is 1. The molecule has 0 aliphatic carbocycles. The maximum Gasteiger partial charge on any atom is 0.251 e. The van der Waals surface area contributed by atoms with Crippen LogP contribution in [0.3, 0.4) is 0 Å². The Morgan fingerprint density at radius 2 is 2.15 bits per heavy atom. The van der Waals surface area contributed by atoms with Crippen LogP contribution in [0.2, 0.25) is 0 Å². The van der Waals surface area contributed by atoms with Gasteiger partial charge in [0.1, 0.15) is 0 Å². The molecule has 0 saturated carbocycles. The van der Waals surface area contributed by atoms with Crippen LogP contribution in [0.1, 0.15) is 15.9 Å². The summed E-state index contributed by atoms with van der Waals surface area (Å²) in [7, 11) is 0. The number of pyridine rings is 1. The lowest BCUT2D eigenvalue weighted by molar-refractivity contribution is 0.0954. The van der Waals surface area contributed by atoms with E-state index in [-0.39, 0.29) is 5.91 Å². The third kappa shape index (κ3) is 3.55. The topological polar surface area (TPSA) is 70.4 Å². The second kappa shape index (κ2) is 7.58. The minimum Gasteiger partial charge on any atom is -0.462 e. The van der Waals surface area contributed by atoms with Crippen LogP contribution in [-0.4, -0.2) is 43.6 Å². The molecular weight excluding hydrogens is 328 g/mol. The smallest absolute Gasteiger partial charge is 0.251 e. The van der Waals surface area contributed by atoms with Crippen LogP contribution in [0, 0.1) is 0 Å². The van der Waals surface area contributed by atoms with Crippen LogP contribution in [0.15, 0.2) is 53.4 Å². The number of nitrogens with one attached hydrogen (secondary N) is 2. The van der Waals surface area contributed by atoms with Gasteiger partial charge >= 0.3 is 0 Å². The van der Waals surface area contributed by atoms with E-state index in [4.69, 9.17) is 4.42 Å². The third-order valence-electron chi connectivity index (χ3n) is 4.67. The van der Waals surface area contributed by atoms with Gasteiger partial charge < -0.3 is 20.0 Å². The Hall–Kier alpha value is -2.86. The number of carbonyl (C=O) groups excluding carboxylic acids is 1. The van der Waals surface area contributed by atoms with Crippen molar-refractivity contribution in [3.8, 4) is 0 Å². The van der Waals surface area contributed by atoms with E-state index in [1.54, 1.807) is 12.5 Å². The molecule has 1 amide bonds. The molecule has 2 N–H and O–H groups in total. The van der Waals surface area contributed by atoms with Crippen LogP contribution in [0.4, 0.5) is 5.69 Å². The molecule has 6 nitrogen and oxygen atoms in total. The summed E-state index contributed by atoms with van der Waals surface area (Å²) in [5.74, 6) is -0.0617. The van der Waals surface area contributed by atoms with Gasteiger partial charge in [-0.25, -0.2) is 0 Å². The van der Waals surface area contributed by atoms with E-state index < -0.39 is 0 Å². The van der Waals surface area contributed by atoms with Crippen molar-refractivity contribution < 1.29 is 9.21 Å². The quantitative estimate of drug-likeness (QED) is 0.738. The molecule has 0 unspecified atom stereocenters. The average Bonchev–Trinajstić information content (AvgIpc) is 3.17. The predicted octanol–water partition coefficient (Wildman–Crippen LogP) is 2.21. The Bertz CT molecular complexity index is 885. The van der Waals surface area contributed by atoms with E-state index in [2.05, 4.69) is 20.5 Å². The lowest BCUT2D eigenvalue weighted by atomic mass is 10.1. The third-order valence-corrected chi connectivity index (χ3v) is 4.67. The number of hydrogen-bond acceptors (Lipinski definition) is 5. The molecule has 3 aromatic rings. The molecule has 1 saturated heterocycles. The summed E-state index contributed by atoms with van der Waals surface area (Å²) in [6.45, 7) is 4.26. The number of carbonyl (C=O) groups is 1. The van der Waals surface area contributed by atoms with Gasteiger partial charge in [-0.05, 0) is 36.2 Å². The second-order valence-corrected chi connectivity index (χ2v) is 6.44. The van der Waals surface area contributed by atoms with Gasteiger partial charge in [0.15, 0.2) is 5.58 Å². The molecule has 4 rings (SSSR count). The fraction of sp³-hybridized carbons (Fsp3) is 0.300. The van der Waals surface area contributed by atoms with Gasteiger partial charge in [-0.2, -0.15) is 0 Å². The molecule has 0 atom stereocenters. The largest absolute Gasteiger partial charge is 0.462 e. The summed E-state index contributed by atoms with van der Waals surface area (Å²) < 4.78 is 5.68. The number of hydrogen-bond donors (Lipinski definition) is 2. The van der Waals surface area contributed by atoms with Crippen molar-refractivity contribution in [3.63, 3.8) is 0 Å². The molecule has 1 aliphatic rings. The molecule has 6 heteroatoms. The van der Waals surface area contributed by atoms with Crippen molar-refractivity contribution >= 4 is 22.6 Å². The normalized spacial score (nSPS) is 14.5. The summed E-state index contributed by atoms with van der Waals surface area (Å²) >= 11 is 0. The number of rotatable bonds is 5. The summed E-state index contributed by atoms with van der Waals surface area (Å²) in [6, 6.07) is 9.66. The Labute approximate surface area is 152 Å². The van der Waals surface area contributed by atoms with Gasteiger partial charge in [0.05, 0.1) is 12.0 Å². The standard InChI is InChI=1S/C20H22N4O2/c25-20(23-6-3-15-2-1-5-22-14-15)17-12-16-4-11-26-19(16)18(13-17)24-9-7-21-8-10-24/h1-2,4-5,11-14,21H,3,6-10H2,(H,23,25). The molecule has 26 heavy (non-hydrogen) atoms. The maximum atomic E-state index is 12.6. The fourth-order valence-corrected chi connectivity index (χ4v) is 3.30. The fourth-order valence-electron chi connectivity index (χ4n) is 3.30. The minimum absolute atomic E-state index is 0.0617. The highest BCUT2D eigenvalue weighted by Gasteiger charge is 2.18. The van der Waals surface area contributed by atoms with E-state index in [1.807, 2.05) is 36.5 Å². The van der Waals surface area contributed by atoms with Crippen LogP contribution in [0.25, 0.3) is 11.0 Å². The van der Waals surface area contributed by atoms with Gasteiger partial charge in [0.2, 0.25) is 0 Å². The monoisotopic (exact) mass is 350 g/mol. The zero-order chi connectivity index (χ0) is 17.8. The number of benzene rings is 1. The molecule has 3 heterocycles. The summed E-state index contributed by atoms with van der Waals surface area (Å²) in [5.41, 5.74) is 3.61. The predicted molar refractivity (Wildman–Crippen MR) is 102 cm³/mol. The van der Waals surface area contributed by atoms with Gasteiger partial charge in [0.25, 0.3) is 5.91 Å². The number of amides is 1. The molecule has 2 aromatic heterocycles. The molecular formula is C20H22N4O2. The van der Waals surface area contributed by atoms with Crippen molar-refractivity contribution in [1.29, 1.82) is 0 Å². The Kier molecular flexibility index (Phi) is 4.84. The Morgan fingerprint density at radius 1 is 1.27 bits per heavy atom. The molecule has 0 spiro atoms. The molecule has 1 fully saturated rings. The van der Waals surface area contributed by atoms with Gasteiger partial charge in [0, 0.05) is 56.1 Å². The molecule has 134 valence electrons. The first-order valence-corrected chi connectivity index (χ1v) is 8.95. The summed E-state index contributed by atoms with van der Waals surface area (Å²) in [6.07, 6.45) is 6.02. The summed E-state index contributed by atoms with van der Waals surface area (Å²) in [4.78, 5) is 19.0. The van der Waals surface area contributed by atoms with Gasteiger partial charge in [-0.15, -0.1) is 0 Å². The van der Waals surface area contributed by atoms with Crippen molar-refractivity contribution in [1.82, 2.24) is 15.6 Å². The Morgan fingerprint density at radius 3 is 2.96 bits per heavy atom. The SMILES string of the molecule is O=C(NCCc1cccnc1)c1cc(N2CCNCC2)c2occc2c1. The first kappa shape index (κ1) is 16.6. The number of anilines is 1. The van der Waals surface area contributed by atoms with Crippen molar-refractivity contribution in [2.75, 3.05) is 37.6 Å². The van der Waals surface area contributed by atoms with E-state index in [1.165, 1.54) is 0 Å². The molecule has 0 bridgehead atoms. The van der Waals surface area contributed by atoms with Crippen LogP contribution in [0.5, 0.6) is 0 Å². The van der Waals surface area contributed by atoms with Gasteiger partial charge in [-0.3, -0.25) is 9.78 Å². The molecule has 0 radical (unpaired) electrons. The second-order valence-electron chi connectivity index (χ2n) is 6.44. The van der Waals surface area contributed by atoms with Crippen molar-refractivity contribution in [2.45, 2.75) is 6.42 Å². The highest BCUT2D eigenvalue weighted by Crippen LogP contribution is 2.30. The maximum absolute atomic E-state index is 12.6.